The van der Waals surface area contributed by atoms with E-state index < -0.39 is 0 Å². The first kappa shape index (κ1) is 13.8. The van der Waals surface area contributed by atoms with Gasteiger partial charge in [0.05, 0.1) is 18.1 Å². The van der Waals surface area contributed by atoms with Crippen LogP contribution in [0.15, 0.2) is 0 Å². The van der Waals surface area contributed by atoms with Gasteiger partial charge in [-0.3, -0.25) is 4.79 Å². The fraction of sp³-hybridized carbons (Fsp3) is 0.929. The zero-order valence-corrected chi connectivity index (χ0v) is 11.9. The van der Waals surface area contributed by atoms with Crippen molar-refractivity contribution in [1.82, 2.24) is 10.6 Å². The molecule has 2 N–H and O–H groups in total. The zero-order valence-electron chi connectivity index (χ0n) is 11.9. The molecule has 104 valence electrons. The van der Waals surface area contributed by atoms with E-state index in [9.17, 15) is 4.79 Å². The van der Waals surface area contributed by atoms with Crippen molar-refractivity contribution < 1.29 is 9.53 Å². The quantitative estimate of drug-likeness (QED) is 0.781. The van der Waals surface area contributed by atoms with Gasteiger partial charge < -0.3 is 15.4 Å². The lowest BCUT2D eigenvalue weighted by atomic mass is 9.88. The van der Waals surface area contributed by atoms with Crippen molar-refractivity contribution in [3.05, 3.63) is 0 Å². The minimum Gasteiger partial charge on any atom is -0.374 e. The van der Waals surface area contributed by atoms with E-state index in [4.69, 9.17) is 4.74 Å². The Labute approximate surface area is 110 Å². The molecule has 2 aliphatic heterocycles. The molecule has 2 saturated heterocycles. The molecule has 4 heteroatoms. The van der Waals surface area contributed by atoms with E-state index >= 15 is 0 Å². The third kappa shape index (κ3) is 2.86. The molecule has 0 aliphatic carbocycles. The summed E-state index contributed by atoms with van der Waals surface area (Å²) < 4.78 is 5.74. The van der Waals surface area contributed by atoms with Crippen LogP contribution in [0.2, 0.25) is 0 Å². The number of nitrogens with one attached hydrogen (secondary N) is 2. The van der Waals surface area contributed by atoms with Crippen LogP contribution in [0.1, 0.15) is 40.5 Å². The molecule has 2 heterocycles. The summed E-state index contributed by atoms with van der Waals surface area (Å²) in [5.41, 5.74) is 0. The van der Waals surface area contributed by atoms with E-state index in [1.54, 1.807) is 0 Å². The maximum Gasteiger partial charge on any atom is 0.226 e. The summed E-state index contributed by atoms with van der Waals surface area (Å²) in [6, 6.07) is 0.856. The van der Waals surface area contributed by atoms with Crippen molar-refractivity contribution in [1.29, 1.82) is 0 Å². The van der Waals surface area contributed by atoms with Gasteiger partial charge in [-0.05, 0) is 39.5 Å². The molecule has 0 radical (unpaired) electrons. The molecule has 6 unspecified atom stereocenters. The Morgan fingerprint density at radius 2 is 1.89 bits per heavy atom. The van der Waals surface area contributed by atoms with E-state index in [1.165, 1.54) is 0 Å². The standard InChI is InChI=1S/C14H26N2O2/c1-8-5-6-12(7-15-8)16-14(17)13-9(2)10(3)18-11(13)4/h8-13,15H,5-7H2,1-4H3,(H,16,17). The Bertz CT molecular complexity index is 300. The van der Waals surface area contributed by atoms with Crippen LogP contribution in [0, 0.1) is 11.8 Å². The van der Waals surface area contributed by atoms with Crippen LogP contribution < -0.4 is 10.6 Å². The van der Waals surface area contributed by atoms with E-state index in [-0.39, 0.29) is 30.1 Å². The average Bonchev–Trinajstić information content (AvgIpc) is 2.56. The van der Waals surface area contributed by atoms with Crippen LogP contribution in [0.4, 0.5) is 0 Å². The molecule has 0 spiro atoms. The fourth-order valence-corrected chi connectivity index (χ4v) is 3.14. The topological polar surface area (TPSA) is 50.4 Å². The molecule has 18 heavy (non-hydrogen) atoms. The highest BCUT2D eigenvalue weighted by Gasteiger charge is 2.42. The largest absolute Gasteiger partial charge is 0.374 e. The molecule has 2 rings (SSSR count). The van der Waals surface area contributed by atoms with Gasteiger partial charge in [0, 0.05) is 18.6 Å². The van der Waals surface area contributed by atoms with E-state index in [1.807, 2.05) is 6.92 Å². The molecule has 1 amide bonds. The van der Waals surface area contributed by atoms with Crippen molar-refractivity contribution in [3.63, 3.8) is 0 Å². The summed E-state index contributed by atoms with van der Waals surface area (Å²) >= 11 is 0. The first-order valence-electron chi connectivity index (χ1n) is 7.18. The third-order valence-electron chi connectivity index (χ3n) is 4.55. The molecule has 0 aromatic rings. The van der Waals surface area contributed by atoms with E-state index in [2.05, 4.69) is 31.4 Å². The molecule has 0 saturated carbocycles. The number of rotatable bonds is 2. The summed E-state index contributed by atoms with van der Waals surface area (Å²) in [5, 5.41) is 6.59. The van der Waals surface area contributed by atoms with Gasteiger partial charge in [-0.2, -0.15) is 0 Å². The number of carbonyl (C=O) groups excluding carboxylic acids is 1. The van der Waals surface area contributed by atoms with Gasteiger partial charge >= 0.3 is 0 Å². The summed E-state index contributed by atoms with van der Waals surface area (Å²) in [5.74, 6) is 0.468. The Balaban J connectivity index is 1.88. The van der Waals surface area contributed by atoms with Crippen LogP contribution in [-0.4, -0.2) is 36.7 Å². The first-order chi connectivity index (χ1) is 8.49. The lowest BCUT2D eigenvalue weighted by molar-refractivity contribution is -0.128. The number of ether oxygens (including phenoxy) is 1. The highest BCUT2D eigenvalue weighted by Crippen LogP contribution is 2.32. The average molecular weight is 254 g/mol. The molecular weight excluding hydrogens is 228 g/mol. The van der Waals surface area contributed by atoms with E-state index in [0.717, 1.165) is 19.4 Å². The third-order valence-corrected chi connectivity index (χ3v) is 4.55. The molecule has 0 aromatic carbocycles. The maximum absolute atomic E-state index is 12.3. The second-order valence-electron chi connectivity index (χ2n) is 6.02. The maximum atomic E-state index is 12.3. The van der Waals surface area contributed by atoms with E-state index in [0.29, 0.717) is 12.0 Å². The van der Waals surface area contributed by atoms with Gasteiger partial charge in [0.2, 0.25) is 5.91 Å². The predicted octanol–water partition coefficient (Wildman–Crippen LogP) is 1.30. The van der Waals surface area contributed by atoms with Gasteiger partial charge in [-0.15, -0.1) is 0 Å². The monoisotopic (exact) mass is 254 g/mol. The summed E-state index contributed by atoms with van der Waals surface area (Å²) in [4.78, 5) is 12.3. The summed E-state index contributed by atoms with van der Waals surface area (Å²) in [6.07, 6.45) is 2.42. The van der Waals surface area contributed by atoms with Gasteiger partial charge in [0.15, 0.2) is 0 Å². The molecule has 6 atom stereocenters. The minimum absolute atomic E-state index is 0.000602. The number of carbonyl (C=O) groups is 1. The Morgan fingerprint density at radius 1 is 1.17 bits per heavy atom. The minimum atomic E-state index is -0.000602. The Hall–Kier alpha value is -0.610. The van der Waals surface area contributed by atoms with Gasteiger partial charge in [0.25, 0.3) is 0 Å². The van der Waals surface area contributed by atoms with Gasteiger partial charge in [0.1, 0.15) is 0 Å². The van der Waals surface area contributed by atoms with Crippen molar-refractivity contribution in [2.45, 2.75) is 64.8 Å². The molecule has 2 fully saturated rings. The summed E-state index contributed by atoms with van der Waals surface area (Å²) in [7, 11) is 0. The number of piperidine rings is 1. The molecule has 0 bridgehead atoms. The second kappa shape index (κ2) is 5.57. The Kier molecular flexibility index (Phi) is 4.28. The smallest absolute Gasteiger partial charge is 0.226 e. The zero-order chi connectivity index (χ0) is 13.3. The molecule has 0 aromatic heterocycles. The van der Waals surface area contributed by atoms with Crippen molar-refractivity contribution >= 4 is 5.91 Å². The number of hydrogen-bond donors (Lipinski definition) is 2. The van der Waals surface area contributed by atoms with Gasteiger partial charge in [-0.25, -0.2) is 0 Å². The lowest BCUT2D eigenvalue weighted by Crippen LogP contribution is -2.51. The van der Waals surface area contributed by atoms with Gasteiger partial charge in [-0.1, -0.05) is 6.92 Å². The van der Waals surface area contributed by atoms with Crippen molar-refractivity contribution in [2.75, 3.05) is 6.54 Å². The van der Waals surface area contributed by atoms with Crippen LogP contribution in [-0.2, 0) is 9.53 Å². The SMILES string of the molecule is CC1CCC(NC(=O)C2C(C)OC(C)C2C)CN1. The summed E-state index contributed by atoms with van der Waals surface area (Å²) in [6.45, 7) is 9.25. The van der Waals surface area contributed by atoms with Crippen LogP contribution in [0.3, 0.4) is 0 Å². The molecule has 4 nitrogen and oxygen atoms in total. The fourth-order valence-electron chi connectivity index (χ4n) is 3.14. The molecule has 2 aliphatic rings. The predicted molar refractivity (Wildman–Crippen MR) is 71.3 cm³/mol. The first-order valence-corrected chi connectivity index (χ1v) is 7.18. The molecular formula is C14H26N2O2. The Morgan fingerprint density at radius 3 is 2.39 bits per heavy atom. The number of hydrogen-bond acceptors (Lipinski definition) is 3. The highest BCUT2D eigenvalue weighted by atomic mass is 16.5. The second-order valence-corrected chi connectivity index (χ2v) is 6.02. The van der Waals surface area contributed by atoms with Crippen molar-refractivity contribution in [3.8, 4) is 0 Å². The number of amides is 1. The highest BCUT2D eigenvalue weighted by molar-refractivity contribution is 5.80. The van der Waals surface area contributed by atoms with Crippen molar-refractivity contribution in [2.24, 2.45) is 11.8 Å². The van der Waals surface area contributed by atoms with Crippen LogP contribution in [0.5, 0.6) is 0 Å². The van der Waals surface area contributed by atoms with Crippen LogP contribution >= 0.6 is 0 Å². The normalized spacial score (nSPS) is 44.9. The lowest BCUT2D eigenvalue weighted by Gasteiger charge is -2.30. The van der Waals surface area contributed by atoms with Crippen LogP contribution in [0.25, 0.3) is 0 Å².